The van der Waals surface area contributed by atoms with Crippen LogP contribution in [0.5, 0.6) is 0 Å². The van der Waals surface area contributed by atoms with Gasteiger partial charge in [-0.3, -0.25) is 4.98 Å². The van der Waals surface area contributed by atoms with Gasteiger partial charge in [-0.25, -0.2) is 0 Å². The topological polar surface area (TPSA) is 33.1 Å². The van der Waals surface area contributed by atoms with Crippen molar-refractivity contribution in [3.63, 3.8) is 0 Å². The maximum absolute atomic E-state index is 11.0. The van der Waals surface area contributed by atoms with E-state index < -0.39 is 5.60 Å². The molecule has 2 nitrogen and oxygen atoms in total. The molecule has 0 amide bonds. The van der Waals surface area contributed by atoms with Gasteiger partial charge in [-0.15, -0.1) is 0 Å². The molecule has 1 fully saturated rings. The van der Waals surface area contributed by atoms with Crippen LogP contribution in [-0.4, -0.2) is 10.1 Å². The van der Waals surface area contributed by atoms with Crippen LogP contribution in [-0.2, 0) is 5.60 Å². The molecule has 1 N–H and O–H groups in total. The molecule has 1 aliphatic carbocycles. The van der Waals surface area contributed by atoms with Crippen LogP contribution in [0.2, 0.25) is 0 Å². The Morgan fingerprint density at radius 2 is 1.94 bits per heavy atom. The molecule has 1 saturated carbocycles. The van der Waals surface area contributed by atoms with Gasteiger partial charge in [0.1, 0.15) is 0 Å². The lowest BCUT2D eigenvalue weighted by molar-refractivity contribution is -0.104. The third-order valence-corrected chi connectivity index (χ3v) is 4.19. The molecule has 0 aliphatic heterocycles. The highest BCUT2D eigenvalue weighted by atomic mass is 16.3. The number of aliphatic hydroxyl groups is 1. The zero-order valence-electron chi connectivity index (χ0n) is 10.5. The Bertz CT molecular complexity index is 386. The predicted octanol–water partition coefficient (Wildman–Crippen LogP) is 3.18. The van der Waals surface area contributed by atoms with Crippen LogP contribution in [0.4, 0.5) is 0 Å². The lowest BCUT2D eigenvalue weighted by Crippen LogP contribution is -2.45. The first-order valence-corrected chi connectivity index (χ1v) is 6.11. The molecule has 0 radical (unpaired) electrons. The third kappa shape index (κ3) is 1.65. The molecule has 1 aromatic heterocycles. The third-order valence-electron chi connectivity index (χ3n) is 4.19. The van der Waals surface area contributed by atoms with Crippen LogP contribution in [0.3, 0.4) is 0 Å². The van der Waals surface area contributed by atoms with Crippen molar-refractivity contribution < 1.29 is 5.11 Å². The SMILES string of the molecule is Cc1ccncc1C1(O)CCCCC1(C)C. The Kier molecular flexibility index (Phi) is 2.79. The van der Waals surface area contributed by atoms with Gasteiger partial charge in [0.05, 0.1) is 5.60 Å². The quantitative estimate of drug-likeness (QED) is 0.787. The van der Waals surface area contributed by atoms with Crippen LogP contribution >= 0.6 is 0 Å². The van der Waals surface area contributed by atoms with Gasteiger partial charge in [-0.2, -0.15) is 0 Å². The molecule has 1 aromatic rings. The van der Waals surface area contributed by atoms with E-state index in [4.69, 9.17) is 0 Å². The monoisotopic (exact) mass is 219 g/mol. The van der Waals surface area contributed by atoms with Crippen molar-refractivity contribution in [2.24, 2.45) is 5.41 Å². The van der Waals surface area contributed by atoms with Gasteiger partial charge in [0.15, 0.2) is 0 Å². The molecule has 1 heterocycles. The number of hydrogen-bond acceptors (Lipinski definition) is 2. The van der Waals surface area contributed by atoms with Crippen molar-refractivity contribution in [1.29, 1.82) is 0 Å². The fourth-order valence-electron chi connectivity index (χ4n) is 2.89. The van der Waals surface area contributed by atoms with Crippen LogP contribution in [0, 0.1) is 12.3 Å². The average Bonchev–Trinajstić information content (AvgIpc) is 2.23. The average molecular weight is 219 g/mol. The van der Waals surface area contributed by atoms with Gasteiger partial charge in [-0.05, 0) is 36.8 Å². The summed E-state index contributed by atoms with van der Waals surface area (Å²) >= 11 is 0. The highest BCUT2D eigenvalue weighted by Gasteiger charge is 2.47. The van der Waals surface area contributed by atoms with Crippen LogP contribution < -0.4 is 0 Å². The summed E-state index contributed by atoms with van der Waals surface area (Å²) in [6.45, 7) is 6.39. The largest absolute Gasteiger partial charge is 0.385 e. The Balaban J connectivity index is 2.48. The van der Waals surface area contributed by atoms with E-state index in [2.05, 4.69) is 25.8 Å². The summed E-state index contributed by atoms with van der Waals surface area (Å²) in [5.74, 6) is 0. The van der Waals surface area contributed by atoms with E-state index in [1.807, 2.05) is 12.3 Å². The Morgan fingerprint density at radius 1 is 1.25 bits per heavy atom. The van der Waals surface area contributed by atoms with E-state index >= 15 is 0 Å². The van der Waals surface area contributed by atoms with Gasteiger partial charge in [0.2, 0.25) is 0 Å². The summed E-state index contributed by atoms with van der Waals surface area (Å²) in [5.41, 5.74) is 1.40. The van der Waals surface area contributed by atoms with Crippen molar-refractivity contribution in [2.45, 2.75) is 52.1 Å². The summed E-state index contributed by atoms with van der Waals surface area (Å²) in [6.07, 6.45) is 7.88. The molecule has 0 aromatic carbocycles. The molecule has 1 atom stereocenters. The number of nitrogens with zero attached hydrogens (tertiary/aromatic N) is 1. The van der Waals surface area contributed by atoms with Crippen molar-refractivity contribution >= 4 is 0 Å². The zero-order valence-corrected chi connectivity index (χ0v) is 10.5. The van der Waals surface area contributed by atoms with Crippen LogP contribution in [0.15, 0.2) is 18.5 Å². The fourth-order valence-corrected chi connectivity index (χ4v) is 2.89. The molecular formula is C14H21NO. The van der Waals surface area contributed by atoms with Crippen LogP contribution in [0.25, 0.3) is 0 Å². The second-order valence-corrected chi connectivity index (χ2v) is 5.64. The first kappa shape index (κ1) is 11.6. The Hall–Kier alpha value is -0.890. The highest BCUT2D eigenvalue weighted by molar-refractivity contribution is 5.30. The number of rotatable bonds is 1. The summed E-state index contributed by atoms with van der Waals surface area (Å²) < 4.78 is 0. The molecule has 16 heavy (non-hydrogen) atoms. The van der Waals surface area contributed by atoms with E-state index in [9.17, 15) is 5.11 Å². The van der Waals surface area contributed by atoms with Gasteiger partial charge in [0.25, 0.3) is 0 Å². The van der Waals surface area contributed by atoms with Gasteiger partial charge < -0.3 is 5.11 Å². The van der Waals surface area contributed by atoms with Gasteiger partial charge in [0, 0.05) is 18.0 Å². The summed E-state index contributed by atoms with van der Waals surface area (Å²) in [7, 11) is 0. The minimum absolute atomic E-state index is 0.0565. The molecule has 0 spiro atoms. The highest BCUT2D eigenvalue weighted by Crippen LogP contribution is 2.50. The fraction of sp³-hybridized carbons (Fsp3) is 0.643. The summed E-state index contributed by atoms with van der Waals surface area (Å²) in [4.78, 5) is 4.17. The molecule has 0 saturated heterocycles. The molecule has 1 aliphatic rings. The maximum Gasteiger partial charge on any atom is 0.0964 e. The minimum atomic E-state index is -0.705. The standard InChI is InChI=1S/C14H21NO/c1-11-6-9-15-10-12(11)14(16)8-5-4-7-13(14,2)3/h6,9-10,16H,4-5,7-8H2,1-3H3. The first-order chi connectivity index (χ1) is 7.47. The number of hydrogen-bond donors (Lipinski definition) is 1. The van der Waals surface area contributed by atoms with E-state index in [-0.39, 0.29) is 5.41 Å². The lowest BCUT2D eigenvalue weighted by atomic mass is 9.62. The summed E-state index contributed by atoms with van der Waals surface area (Å²) in [5, 5.41) is 11.0. The number of aromatic nitrogens is 1. The number of aryl methyl sites for hydroxylation is 1. The minimum Gasteiger partial charge on any atom is -0.385 e. The second kappa shape index (κ2) is 3.85. The second-order valence-electron chi connectivity index (χ2n) is 5.64. The smallest absolute Gasteiger partial charge is 0.0964 e. The normalized spacial score (nSPS) is 29.0. The molecule has 88 valence electrons. The maximum atomic E-state index is 11.0. The van der Waals surface area contributed by atoms with Gasteiger partial charge >= 0.3 is 0 Å². The van der Waals surface area contributed by atoms with Crippen LogP contribution in [0.1, 0.15) is 50.7 Å². The summed E-state index contributed by atoms with van der Waals surface area (Å²) in [6, 6.07) is 1.98. The van der Waals surface area contributed by atoms with Crippen molar-refractivity contribution in [3.8, 4) is 0 Å². The van der Waals surface area contributed by atoms with Crippen molar-refractivity contribution in [3.05, 3.63) is 29.6 Å². The predicted molar refractivity (Wildman–Crippen MR) is 65.1 cm³/mol. The molecule has 2 rings (SSSR count). The van der Waals surface area contributed by atoms with Crippen molar-refractivity contribution in [2.75, 3.05) is 0 Å². The molecule has 2 heteroatoms. The first-order valence-electron chi connectivity index (χ1n) is 6.11. The molecule has 0 bridgehead atoms. The van der Waals surface area contributed by atoms with E-state index in [0.29, 0.717) is 0 Å². The van der Waals surface area contributed by atoms with Gasteiger partial charge in [-0.1, -0.05) is 26.7 Å². The Morgan fingerprint density at radius 3 is 2.56 bits per heavy atom. The van der Waals surface area contributed by atoms with E-state index in [1.54, 1.807) is 6.20 Å². The molecule has 1 unspecified atom stereocenters. The molecular weight excluding hydrogens is 198 g/mol. The lowest BCUT2D eigenvalue weighted by Gasteiger charge is -2.47. The Labute approximate surface area is 97.7 Å². The van der Waals surface area contributed by atoms with E-state index in [0.717, 1.165) is 30.4 Å². The van der Waals surface area contributed by atoms with Crippen molar-refractivity contribution in [1.82, 2.24) is 4.98 Å². The zero-order chi connectivity index (χ0) is 11.8. The van der Waals surface area contributed by atoms with E-state index in [1.165, 1.54) is 6.42 Å². The number of pyridine rings is 1.